The fourth-order valence-electron chi connectivity index (χ4n) is 2.90. The fourth-order valence-corrected chi connectivity index (χ4v) is 3.73. The lowest BCUT2D eigenvalue weighted by Crippen LogP contribution is -2.21. The average molecular weight is 359 g/mol. The number of hydrogen-bond acceptors (Lipinski definition) is 7. The Balaban J connectivity index is 2.14. The number of pyridine rings is 1. The van der Waals surface area contributed by atoms with E-state index in [-0.39, 0.29) is 5.97 Å². The van der Waals surface area contributed by atoms with Gasteiger partial charge in [0.2, 0.25) is 0 Å². The second kappa shape index (κ2) is 6.79. The molecule has 0 aliphatic carbocycles. The lowest BCUT2D eigenvalue weighted by molar-refractivity contribution is 0.0527. The minimum Gasteiger partial charge on any atom is -0.462 e. The van der Waals surface area contributed by atoms with E-state index in [1.807, 2.05) is 38.2 Å². The van der Waals surface area contributed by atoms with Crippen molar-refractivity contribution in [3.05, 3.63) is 33.5 Å². The summed E-state index contributed by atoms with van der Waals surface area (Å²) >= 11 is 1.61. The van der Waals surface area contributed by atoms with Crippen LogP contribution in [0.4, 0.5) is 5.69 Å². The summed E-state index contributed by atoms with van der Waals surface area (Å²) in [4.78, 5) is 23.4. The van der Waals surface area contributed by atoms with Crippen LogP contribution in [0.15, 0.2) is 11.6 Å². The zero-order valence-electron chi connectivity index (χ0n) is 15.0. The number of hydrogen-bond donors (Lipinski definition) is 0. The van der Waals surface area contributed by atoms with Crippen molar-refractivity contribution < 1.29 is 9.53 Å². The number of nitrogens with zero attached hydrogens (tertiary/aromatic N) is 5. The Labute approximate surface area is 150 Å². The molecule has 0 unspecified atom stereocenters. The highest BCUT2D eigenvalue weighted by atomic mass is 32.1. The lowest BCUT2D eigenvalue weighted by atomic mass is 10.1. The molecule has 3 rings (SSSR count). The molecule has 3 aromatic heterocycles. The minimum atomic E-state index is -0.377. The molecule has 0 spiro atoms. The first-order chi connectivity index (χ1) is 11.9. The summed E-state index contributed by atoms with van der Waals surface area (Å²) in [5, 5.41) is 8.33. The van der Waals surface area contributed by atoms with Crippen molar-refractivity contribution in [2.45, 2.75) is 27.3 Å². The Bertz CT molecular complexity index is 931. The van der Waals surface area contributed by atoms with E-state index < -0.39 is 0 Å². The standard InChI is InChI=1S/C17H21N5O2S/c1-6-24-17(23)12-7-18-16-14(11(3)20-22(16)5)15(12)21(4)8-13-19-10(2)9-25-13/h7,9H,6,8H2,1-5H3. The molecule has 0 radical (unpaired) electrons. The topological polar surface area (TPSA) is 73.1 Å². The number of thiazole rings is 1. The molecule has 132 valence electrons. The number of carbonyl (C=O) groups excluding carboxylic acids is 1. The van der Waals surface area contributed by atoms with Crippen LogP contribution in [0.5, 0.6) is 0 Å². The van der Waals surface area contributed by atoms with E-state index in [0.29, 0.717) is 18.7 Å². The van der Waals surface area contributed by atoms with Gasteiger partial charge in [0.15, 0.2) is 5.65 Å². The van der Waals surface area contributed by atoms with Crippen LogP contribution in [0, 0.1) is 13.8 Å². The molecule has 0 N–H and O–H groups in total. The monoisotopic (exact) mass is 359 g/mol. The molecule has 25 heavy (non-hydrogen) atoms. The maximum absolute atomic E-state index is 12.5. The van der Waals surface area contributed by atoms with Crippen molar-refractivity contribution in [3.8, 4) is 0 Å². The number of aromatic nitrogens is 4. The van der Waals surface area contributed by atoms with Gasteiger partial charge < -0.3 is 9.64 Å². The number of rotatable bonds is 5. The van der Waals surface area contributed by atoms with Crippen molar-refractivity contribution in [2.75, 3.05) is 18.6 Å². The van der Waals surface area contributed by atoms with Crippen molar-refractivity contribution >= 4 is 34.0 Å². The summed E-state index contributed by atoms with van der Waals surface area (Å²) < 4.78 is 6.95. The second-order valence-electron chi connectivity index (χ2n) is 5.89. The molecular formula is C17H21N5O2S. The quantitative estimate of drug-likeness (QED) is 0.652. The first-order valence-corrected chi connectivity index (χ1v) is 8.91. The van der Waals surface area contributed by atoms with Gasteiger partial charge in [-0.3, -0.25) is 4.68 Å². The van der Waals surface area contributed by atoms with Gasteiger partial charge in [-0.2, -0.15) is 5.10 Å². The smallest absolute Gasteiger partial charge is 0.341 e. The zero-order valence-corrected chi connectivity index (χ0v) is 15.8. The van der Waals surface area contributed by atoms with Crippen LogP contribution in [-0.2, 0) is 18.3 Å². The minimum absolute atomic E-state index is 0.317. The van der Waals surface area contributed by atoms with Crippen LogP contribution in [0.25, 0.3) is 11.0 Å². The van der Waals surface area contributed by atoms with Gasteiger partial charge in [-0.25, -0.2) is 14.8 Å². The summed E-state index contributed by atoms with van der Waals surface area (Å²) in [7, 11) is 3.79. The normalized spacial score (nSPS) is 11.1. The molecule has 0 saturated heterocycles. The molecule has 0 aromatic carbocycles. The fraction of sp³-hybridized carbons (Fsp3) is 0.412. The van der Waals surface area contributed by atoms with Crippen LogP contribution in [0.1, 0.15) is 33.7 Å². The molecule has 0 fully saturated rings. The molecule has 0 bridgehead atoms. The molecule has 0 aliphatic rings. The number of fused-ring (bicyclic) bond motifs is 1. The lowest BCUT2D eigenvalue weighted by Gasteiger charge is -2.22. The predicted molar refractivity (Wildman–Crippen MR) is 98.2 cm³/mol. The maximum Gasteiger partial charge on any atom is 0.341 e. The number of esters is 1. The van der Waals surface area contributed by atoms with E-state index in [9.17, 15) is 4.79 Å². The third-order valence-electron chi connectivity index (χ3n) is 3.92. The molecule has 7 nitrogen and oxygen atoms in total. The van der Waals surface area contributed by atoms with Crippen LogP contribution in [0.2, 0.25) is 0 Å². The van der Waals surface area contributed by atoms with Crippen molar-refractivity contribution in [1.29, 1.82) is 0 Å². The zero-order chi connectivity index (χ0) is 18.1. The van der Waals surface area contributed by atoms with E-state index in [0.717, 1.165) is 33.1 Å². The van der Waals surface area contributed by atoms with Gasteiger partial charge in [-0.1, -0.05) is 0 Å². The number of ether oxygens (including phenoxy) is 1. The van der Waals surface area contributed by atoms with Gasteiger partial charge in [0, 0.05) is 31.4 Å². The van der Waals surface area contributed by atoms with Gasteiger partial charge in [0.05, 0.1) is 29.9 Å². The Morgan fingerprint density at radius 1 is 1.40 bits per heavy atom. The Morgan fingerprint density at radius 2 is 2.16 bits per heavy atom. The summed E-state index contributed by atoms with van der Waals surface area (Å²) in [6, 6.07) is 0. The largest absolute Gasteiger partial charge is 0.462 e. The third-order valence-corrected chi connectivity index (χ3v) is 4.87. The van der Waals surface area contributed by atoms with Crippen LogP contribution in [-0.4, -0.2) is 39.4 Å². The molecule has 0 aliphatic heterocycles. The number of aryl methyl sites for hydroxylation is 3. The molecule has 0 saturated carbocycles. The third kappa shape index (κ3) is 3.21. The molecular weight excluding hydrogens is 338 g/mol. The van der Waals surface area contributed by atoms with Crippen molar-refractivity contribution in [2.24, 2.45) is 7.05 Å². The molecule has 0 atom stereocenters. The van der Waals surface area contributed by atoms with Crippen LogP contribution >= 0.6 is 11.3 Å². The van der Waals surface area contributed by atoms with Gasteiger partial charge in [0.1, 0.15) is 10.6 Å². The first kappa shape index (κ1) is 17.3. The molecule has 0 amide bonds. The van der Waals surface area contributed by atoms with Crippen molar-refractivity contribution in [3.63, 3.8) is 0 Å². The van der Waals surface area contributed by atoms with Gasteiger partial charge in [-0.15, -0.1) is 11.3 Å². The van der Waals surface area contributed by atoms with E-state index in [2.05, 4.69) is 15.1 Å². The van der Waals surface area contributed by atoms with Gasteiger partial charge >= 0.3 is 5.97 Å². The van der Waals surface area contributed by atoms with E-state index in [1.54, 1.807) is 29.1 Å². The first-order valence-electron chi connectivity index (χ1n) is 8.04. The maximum atomic E-state index is 12.5. The average Bonchev–Trinajstić information content (AvgIpc) is 3.10. The summed E-state index contributed by atoms with van der Waals surface area (Å²) in [5.41, 5.74) is 3.79. The van der Waals surface area contributed by atoms with Crippen LogP contribution in [0.3, 0.4) is 0 Å². The molecule has 8 heteroatoms. The predicted octanol–water partition coefficient (Wildman–Crippen LogP) is 2.85. The second-order valence-corrected chi connectivity index (χ2v) is 6.83. The van der Waals surface area contributed by atoms with E-state index in [1.165, 1.54) is 0 Å². The van der Waals surface area contributed by atoms with E-state index >= 15 is 0 Å². The highest BCUT2D eigenvalue weighted by molar-refractivity contribution is 7.09. The molecule has 3 heterocycles. The van der Waals surface area contributed by atoms with E-state index in [4.69, 9.17) is 4.74 Å². The van der Waals surface area contributed by atoms with Gasteiger partial charge in [-0.05, 0) is 20.8 Å². The van der Waals surface area contributed by atoms with Gasteiger partial charge in [0.25, 0.3) is 0 Å². The number of anilines is 1. The highest BCUT2D eigenvalue weighted by Crippen LogP contribution is 2.32. The van der Waals surface area contributed by atoms with Crippen molar-refractivity contribution in [1.82, 2.24) is 19.7 Å². The highest BCUT2D eigenvalue weighted by Gasteiger charge is 2.23. The Hall–Kier alpha value is -2.48. The Morgan fingerprint density at radius 3 is 2.80 bits per heavy atom. The Kier molecular flexibility index (Phi) is 4.71. The summed E-state index contributed by atoms with van der Waals surface area (Å²) in [5.74, 6) is -0.377. The summed E-state index contributed by atoms with van der Waals surface area (Å²) in [6.45, 7) is 6.60. The van der Waals surface area contributed by atoms with Crippen LogP contribution < -0.4 is 4.90 Å². The SMILES string of the molecule is CCOC(=O)c1cnc2c(c(C)nn2C)c1N(C)Cc1nc(C)cs1. The molecule has 3 aromatic rings. The summed E-state index contributed by atoms with van der Waals surface area (Å²) in [6.07, 6.45) is 1.57. The number of carbonyl (C=O) groups is 1.